The lowest BCUT2D eigenvalue weighted by atomic mass is 9.56. The van der Waals surface area contributed by atoms with Gasteiger partial charge in [-0.15, -0.1) is 0 Å². The van der Waals surface area contributed by atoms with Gasteiger partial charge in [0.1, 0.15) is 0 Å². The minimum Gasteiger partial charge on any atom is -0.468 e. The van der Waals surface area contributed by atoms with E-state index in [2.05, 4.69) is 0 Å². The fourth-order valence-electron chi connectivity index (χ4n) is 4.82. The van der Waals surface area contributed by atoms with Crippen molar-refractivity contribution in [2.45, 2.75) is 30.4 Å². The summed E-state index contributed by atoms with van der Waals surface area (Å²) in [4.78, 5) is 48.6. The summed E-state index contributed by atoms with van der Waals surface area (Å²) in [6.45, 7) is 0. The molecule has 33 heavy (non-hydrogen) atoms. The molecule has 2 aromatic rings. The maximum Gasteiger partial charge on any atom is 0.326 e. The molecule has 0 bridgehead atoms. The van der Waals surface area contributed by atoms with Gasteiger partial charge >= 0.3 is 11.9 Å². The van der Waals surface area contributed by atoms with Crippen LogP contribution in [0.1, 0.15) is 29.4 Å². The van der Waals surface area contributed by atoms with Gasteiger partial charge < -0.3 is 14.6 Å². The minimum absolute atomic E-state index is 0.0404. The number of nitro groups is 2. The van der Waals surface area contributed by atoms with Crippen LogP contribution in [0.25, 0.3) is 0 Å². The number of non-ortho nitro benzene ring substituents is 1. The lowest BCUT2D eigenvalue weighted by molar-refractivity contribution is -0.538. The molecule has 0 aromatic heterocycles. The number of esters is 2. The molecule has 1 aliphatic rings. The molecular formula is C22H22N2O9. The average molecular weight is 458 g/mol. The number of carbonyl (C=O) groups excluding carboxylic acids is 2. The third-order valence-electron chi connectivity index (χ3n) is 6.20. The molecule has 0 spiro atoms. The van der Waals surface area contributed by atoms with Crippen LogP contribution in [0.15, 0.2) is 54.6 Å². The van der Waals surface area contributed by atoms with Crippen molar-refractivity contribution in [1.29, 1.82) is 0 Å². The van der Waals surface area contributed by atoms with E-state index in [0.29, 0.717) is 5.56 Å². The first kappa shape index (κ1) is 23.8. The van der Waals surface area contributed by atoms with Gasteiger partial charge in [0.15, 0.2) is 0 Å². The van der Waals surface area contributed by atoms with Gasteiger partial charge in [-0.1, -0.05) is 42.5 Å². The molecule has 4 atom stereocenters. The number of nitrogens with zero attached hydrogens (tertiary/aromatic N) is 2. The van der Waals surface area contributed by atoms with Crippen LogP contribution in [0.5, 0.6) is 0 Å². The van der Waals surface area contributed by atoms with Gasteiger partial charge in [-0.2, -0.15) is 0 Å². The van der Waals surface area contributed by atoms with Crippen molar-refractivity contribution in [2.24, 2.45) is 5.41 Å². The van der Waals surface area contributed by atoms with E-state index in [4.69, 9.17) is 9.47 Å². The summed E-state index contributed by atoms with van der Waals surface area (Å²) in [5.74, 6) is -4.99. The SMILES string of the molecule is COC(=O)C1(C(=O)OC)[C@@H](O)C[C@@H](c2ccccc2)[C@H]([N+](=O)[O-])[C@@H]1c1cccc([N+](=O)[O-])c1. The molecule has 174 valence electrons. The standard InChI is InChI=1S/C22H22N2O9/c1-32-20(26)22(21(27)33-2)17(25)12-16(13-7-4-3-5-8-13)19(24(30)31)18(22)14-9-6-10-15(11-14)23(28)29/h3-11,16-19,25H,12H2,1-2H3/t16-,17-,18-,19-/m0/s1. The Morgan fingerprint density at radius 2 is 1.55 bits per heavy atom. The summed E-state index contributed by atoms with van der Waals surface area (Å²) in [7, 11) is 1.96. The van der Waals surface area contributed by atoms with Crippen LogP contribution in [-0.4, -0.2) is 53.3 Å². The Morgan fingerprint density at radius 1 is 0.970 bits per heavy atom. The molecule has 0 amide bonds. The largest absolute Gasteiger partial charge is 0.468 e. The third-order valence-corrected chi connectivity index (χ3v) is 6.20. The molecule has 1 aliphatic carbocycles. The molecule has 0 aliphatic heterocycles. The van der Waals surface area contributed by atoms with Crippen LogP contribution < -0.4 is 0 Å². The first-order valence-corrected chi connectivity index (χ1v) is 9.97. The Hall–Kier alpha value is -3.86. The topological polar surface area (TPSA) is 159 Å². The van der Waals surface area contributed by atoms with E-state index < -0.39 is 56.9 Å². The van der Waals surface area contributed by atoms with Crippen molar-refractivity contribution in [3.8, 4) is 0 Å². The van der Waals surface area contributed by atoms with Gasteiger partial charge in [0.05, 0.1) is 37.1 Å². The fraction of sp³-hybridized carbons (Fsp3) is 0.364. The number of rotatable bonds is 6. The number of methoxy groups -OCH3 is 2. The van der Waals surface area contributed by atoms with Crippen LogP contribution in [0, 0.1) is 25.6 Å². The summed E-state index contributed by atoms with van der Waals surface area (Å²) in [6.07, 6.45) is -2.05. The highest BCUT2D eigenvalue weighted by molar-refractivity contribution is 6.02. The second-order valence-electron chi connectivity index (χ2n) is 7.73. The van der Waals surface area contributed by atoms with Crippen molar-refractivity contribution in [3.63, 3.8) is 0 Å². The summed E-state index contributed by atoms with van der Waals surface area (Å²) in [6, 6.07) is 11.6. The number of aliphatic hydroxyl groups excluding tert-OH is 1. The predicted octanol–water partition coefficient (Wildman–Crippen LogP) is 2.20. The molecule has 1 fully saturated rings. The Bertz CT molecular complexity index is 1060. The van der Waals surface area contributed by atoms with Crippen LogP contribution in [0.2, 0.25) is 0 Å². The quantitative estimate of drug-likeness (QED) is 0.296. The van der Waals surface area contributed by atoms with Crippen LogP contribution in [0.3, 0.4) is 0 Å². The lowest BCUT2D eigenvalue weighted by Crippen LogP contribution is -2.62. The normalized spacial score (nSPS) is 23.8. The average Bonchev–Trinajstić information content (AvgIpc) is 2.82. The van der Waals surface area contributed by atoms with E-state index in [1.165, 1.54) is 18.2 Å². The van der Waals surface area contributed by atoms with E-state index >= 15 is 0 Å². The molecule has 3 rings (SSSR count). The van der Waals surface area contributed by atoms with Crippen molar-refractivity contribution in [2.75, 3.05) is 14.2 Å². The minimum atomic E-state index is -2.51. The molecule has 0 saturated heterocycles. The first-order valence-electron chi connectivity index (χ1n) is 9.97. The van der Waals surface area contributed by atoms with Crippen LogP contribution >= 0.6 is 0 Å². The van der Waals surface area contributed by atoms with Crippen molar-refractivity contribution >= 4 is 17.6 Å². The zero-order chi connectivity index (χ0) is 24.3. The molecule has 0 heterocycles. The van der Waals surface area contributed by atoms with Gasteiger partial charge in [0, 0.05) is 17.1 Å². The number of nitro benzene ring substituents is 1. The van der Waals surface area contributed by atoms with E-state index in [-0.39, 0.29) is 12.0 Å². The number of carbonyl (C=O) groups is 2. The van der Waals surface area contributed by atoms with Crippen LogP contribution in [-0.2, 0) is 19.1 Å². The molecule has 1 saturated carbocycles. The van der Waals surface area contributed by atoms with E-state index in [9.17, 15) is 34.9 Å². The van der Waals surface area contributed by atoms with Gasteiger partial charge in [-0.3, -0.25) is 29.8 Å². The van der Waals surface area contributed by atoms with Gasteiger partial charge in [-0.25, -0.2) is 0 Å². The predicted molar refractivity (Wildman–Crippen MR) is 113 cm³/mol. The second-order valence-corrected chi connectivity index (χ2v) is 7.73. The number of hydrogen-bond donors (Lipinski definition) is 1. The Kier molecular flexibility index (Phi) is 6.73. The smallest absolute Gasteiger partial charge is 0.326 e. The lowest BCUT2D eigenvalue weighted by Gasteiger charge is -2.46. The van der Waals surface area contributed by atoms with E-state index in [1.54, 1.807) is 30.3 Å². The van der Waals surface area contributed by atoms with Crippen molar-refractivity contribution in [1.82, 2.24) is 0 Å². The highest BCUT2D eigenvalue weighted by Gasteiger charge is 2.69. The first-order chi connectivity index (χ1) is 15.7. The molecule has 0 radical (unpaired) electrons. The zero-order valence-corrected chi connectivity index (χ0v) is 17.8. The van der Waals surface area contributed by atoms with Crippen molar-refractivity contribution < 1.29 is 34.0 Å². The van der Waals surface area contributed by atoms with Gasteiger partial charge in [0.2, 0.25) is 11.5 Å². The number of ether oxygens (including phenoxy) is 2. The second kappa shape index (κ2) is 9.33. The van der Waals surface area contributed by atoms with E-state index in [1.807, 2.05) is 0 Å². The molecule has 11 heteroatoms. The highest BCUT2D eigenvalue weighted by Crippen LogP contribution is 2.54. The van der Waals surface area contributed by atoms with Gasteiger partial charge in [-0.05, 0) is 17.5 Å². The Balaban J connectivity index is 2.37. The van der Waals surface area contributed by atoms with Crippen LogP contribution in [0.4, 0.5) is 5.69 Å². The molecule has 1 N–H and O–H groups in total. The van der Waals surface area contributed by atoms with E-state index in [0.717, 1.165) is 20.3 Å². The summed E-state index contributed by atoms with van der Waals surface area (Å²) in [5.41, 5.74) is -2.44. The Morgan fingerprint density at radius 3 is 2.06 bits per heavy atom. The maximum absolute atomic E-state index is 13.1. The molecule has 0 unspecified atom stereocenters. The van der Waals surface area contributed by atoms with Crippen molar-refractivity contribution in [3.05, 3.63) is 86.0 Å². The summed E-state index contributed by atoms with van der Waals surface area (Å²) < 4.78 is 9.66. The zero-order valence-electron chi connectivity index (χ0n) is 17.8. The summed E-state index contributed by atoms with van der Waals surface area (Å²) in [5, 5.41) is 35.0. The number of aliphatic hydroxyl groups is 1. The Labute approximate surface area is 188 Å². The molecular weight excluding hydrogens is 436 g/mol. The maximum atomic E-state index is 13.1. The number of benzene rings is 2. The monoisotopic (exact) mass is 458 g/mol. The molecule has 11 nitrogen and oxygen atoms in total. The summed E-state index contributed by atoms with van der Waals surface area (Å²) >= 11 is 0. The fourth-order valence-corrected chi connectivity index (χ4v) is 4.82. The highest BCUT2D eigenvalue weighted by atomic mass is 16.6. The van der Waals surface area contributed by atoms with Gasteiger partial charge in [0.25, 0.3) is 5.69 Å². The molecule has 2 aromatic carbocycles. The number of hydrogen-bond acceptors (Lipinski definition) is 9. The third kappa shape index (κ3) is 3.91.